The minimum Gasteiger partial charge on any atom is -0.484 e. The third-order valence-electron chi connectivity index (χ3n) is 3.23. The molecule has 0 aliphatic rings. The highest BCUT2D eigenvalue weighted by Gasteiger charge is 2.04. The maximum Gasteiger partial charge on any atom is 0.257 e. The third kappa shape index (κ3) is 5.23. The van der Waals surface area contributed by atoms with Crippen LogP contribution in [0.3, 0.4) is 0 Å². The van der Waals surface area contributed by atoms with E-state index in [1.165, 1.54) is 11.1 Å². The molecule has 1 aromatic heterocycles. The van der Waals surface area contributed by atoms with Crippen molar-refractivity contribution in [3.63, 3.8) is 0 Å². The quantitative estimate of drug-likeness (QED) is 0.848. The fourth-order valence-electron chi connectivity index (χ4n) is 1.93. The van der Waals surface area contributed by atoms with E-state index in [2.05, 4.69) is 30.6 Å². The highest BCUT2D eigenvalue weighted by molar-refractivity contribution is 7.07. The lowest BCUT2D eigenvalue weighted by atomic mass is 10.0. The van der Waals surface area contributed by atoms with Crippen LogP contribution in [-0.2, 0) is 11.2 Å². The topological polar surface area (TPSA) is 38.3 Å². The molecule has 0 fully saturated rings. The second-order valence-corrected chi connectivity index (χ2v) is 6.02. The summed E-state index contributed by atoms with van der Waals surface area (Å²) < 4.78 is 5.48. The maximum atomic E-state index is 11.7. The van der Waals surface area contributed by atoms with Gasteiger partial charge in [-0.15, -0.1) is 0 Å². The largest absolute Gasteiger partial charge is 0.484 e. The first kappa shape index (κ1) is 15.6. The number of benzene rings is 1. The number of amides is 1. The van der Waals surface area contributed by atoms with Crippen molar-refractivity contribution < 1.29 is 9.53 Å². The van der Waals surface area contributed by atoms with E-state index in [-0.39, 0.29) is 12.5 Å². The van der Waals surface area contributed by atoms with Crippen LogP contribution >= 0.6 is 11.3 Å². The number of hydrogen-bond donors (Lipinski definition) is 1. The zero-order valence-electron chi connectivity index (χ0n) is 12.5. The van der Waals surface area contributed by atoms with Crippen LogP contribution in [0.5, 0.6) is 5.75 Å². The summed E-state index contributed by atoms with van der Waals surface area (Å²) in [4.78, 5) is 11.7. The van der Waals surface area contributed by atoms with Gasteiger partial charge in [-0.3, -0.25) is 4.79 Å². The van der Waals surface area contributed by atoms with Crippen molar-refractivity contribution >= 4 is 17.2 Å². The molecule has 0 atom stereocenters. The fourth-order valence-corrected chi connectivity index (χ4v) is 2.63. The van der Waals surface area contributed by atoms with Crippen molar-refractivity contribution in [1.82, 2.24) is 5.32 Å². The van der Waals surface area contributed by atoms with Crippen molar-refractivity contribution in [3.05, 3.63) is 52.2 Å². The molecule has 0 unspecified atom stereocenters. The summed E-state index contributed by atoms with van der Waals surface area (Å²) in [6.07, 6.45) is 0.859. The molecule has 0 spiro atoms. The summed E-state index contributed by atoms with van der Waals surface area (Å²) in [6.45, 7) is 5.00. The lowest BCUT2D eigenvalue weighted by molar-refractivity contribution is -0.123. The number of carbonyl (C=O) groups excluding carboxylic acids is 1. The number of nitrogens with one attached hydrogen (secondary N) is 1. The van der Waals surface area contributed by atoms with Crippen molar-refractivity contribution in [2.24, 2.45) is 0 Å². The number of hydrogen-bond acceptors (Lipinski definition) is 3. The Morgan fingerprint density at radius 3 is 2.62 bits per heavy atom. The Morgan fingerprint density at radius 2 is 2.00 bits per heavy atom. The second-order valence-electron chi connectivity index (χ2n) is 5.24. The molecule has 3 nitrogen and oxygen atoms in total. The van der Waals surface area contributed by atoms with Gasteiger partial charge in [-0.25, -0.2) is 0 Å². The molecule has 4 heteroatoms. The SMILES string of the molecule is CC(C)c1ccc(OCC(=O)NCCc2ccsc2)cc1. The van der Waals surface area contributed by atoms with Gasteiger partial charge in [0, 0.05) is 6.54 Å². The minimum atomic E-state index is -0.0850. The van der Waals surface area contributed by atoms with Gasteiger partial charge in [0.1, 0.15) is 5.75 Å². The normalized spacial score (nSPS) is 10.6. The van der Waals surface area contributed by atoms with Crippen LogP contribution in [0.4, 0.5) is 0 Å². The lowest BCUT2D eigenvalue weighted by Gasteiger charge is -2.09. The van der Waals surface area contributed by atoms with E-state index in [0.717, 1.165) is 12.2 Å². The zero-order chi connectivity index (χ0) is 15.1. The number of carbonyl (C=O) groups is 1. The van der Waals surface area contributed by atoms with E-state index in [1.807, 2.05) is 29.6 Å². The van der Waals surface area contributed by atoms with Crippen LogP contribution in [0.1, 0.15) is 30.9 Å². The van der Waals surface area contributed by atoms with Crippen LogP contribution in [0, 0.1) is 0 Å². The lowest BCUT2D eigenvalue weighted by Crippen LogP contribution is -2.30. The summed E-state index contributed by atoms with van der Waals surface area (Å²) in [7, 11) is 0. The summed E-state index contributed by atoms with van der Waals surface area (Å²) >= 11 is 1.67. The Kier molecular flexibility index (Phi) is 5.81. The predicted molar refractivity (Wildman–Crippen MR) is 87.1 cm³/mol. The molecule has 1 heterocycles. The first-order valence-corrected chi connectivity index (χ1v) is 8.10. The minimum absolute atomic E-state index is 0.0602. The first-order valence-electron chi connectivity index (χ1n) is 7.15. The number of rotatable bonds is 7. The average molecular weight is 303 g/mol. The fraction of sp³-hybridized carbons (Fsp3) is 0.353. The third-order valence-corrected chi connectivity index (χ3v) is 3.96. The summed E-state index contributed by atoms with van der Waals surface area (Å²) in [5.74, 6) is 1.14. The molecule has 0 bridgehead atoms. The Bertz CT molecular complexity index is 547. The van der Waals surface area contributed by atoms with Gasteiger partial charge in [0.25, 0.3) is 5.91 Å². The summed E-state index contributed by atoms with van der Waals surface area (Å²) in [5, 5.41) is 7.00. The molecule has 21 heavy (non-hydrogen) atoms. The molecule has 0 aliphatic carbocycles. The molecular formula is C17H21NO2S. The molecule has 0 aliphatic heterocycles. The summed E-state index contributed by atoms with van der Waals surface area (Å²) in [6, 6.07) is 9.97. The van der Waals surface area contributed by atoms with Gasteiger partial charge in [-0.1, -0.05) is 26.0 Å². The average Bonchev–Trinajstić information content (AvgIpc) is 2.99. The standard InChI is InChI=1S/C17H21NO2S/c1-13(2)15-3-5-16(6-4-15)20-11-17(19)18-9-7-14-8-10-21-12-14/h3-6,8,10,12-13H,7,9,11H2,1-2H3,(H,18,19). The zero-order valence-corrected chi connectivity index (χ0v) is 13.3. The Hall–Kier alpha value is -1.81. The van der Waals surface area contributed by atoms with E-state index in [4.69, 9.17) is 4.74 Å². The van der Waals surface area contributed by atoms with Gasteiger partial charge in [0.2, 0.25) is 0 Å². The highest BCUT2D eigenvalue weighted by Crippen LogP contribution is 2.18. The van der Waals surface area contributed by atoms with E-state index in [0.29, 0.717) is 12.5 Å². The van der Waals surface area contributed by atoms with Crippen molar-refractivity contribution in [1.29, 1.82) is 0 Å². The van der Waals surface area contributed by atoms with Gasteiger partial charge >= 0.3 is 0 Å². The molecule has 0 saturated carbocycles. The van der Waals surface area contributed by atoms with Crippen LogP contribution in [-0.4, -0.2) is 19.1 Å². The number of ether oxygens (including phenoxy) is 1. The molecule has 0 saturated heterocycles. The van der Waals surface area contributed by atoms with E-state index in [9.17, 15) is 4.79 Å². The van der Waals surface area contributed by atoms with Crippen LogP contribution < -0.4 is 10.1 Å². The summed E-state index contributed by atoms with van der Waals surface area (Å²) in [5.41, 5.74) is 2.52. The molecule has 1 amide bonds. The second kappa shape index (κ2) is 7.84. The van der Waals surface area contributed by atoms with Crippen LogP contribution in [0.2, 0.25) is 0 Å². The van der Waals surface area contributed by atoms with E-state index in [1.54, 1.807) is 11.3 Å². The van der Waals surface area contributed by atoms with Gasteiger partial charge in [-0.2, -0.15) is 11.3 Å². The Labute approximate surface area is 130 Å². The predicted octanol–water partition coefficient (Wildman–Crippen LogP) is 3.61. The molecule has 1 aromatic carbocycles. The molecule has 2 rings (SSSR count). The highest BCUT2D eigenvalue weighted by atomic mass is 32.1. The Balaban J connectivity index is 1.68. The molecular weight excluding hydrogens is 282 g/mol. The van der Waals surface area contributed by atoms with Gasteiger partial charge in [0.15, 0.2) is 6.61 Å². The van der Waals surface area contributed by atoms with E-state index < -0.39 is 0 Å². The smallest absolute Gasteiger partial charge is 0.257 e. The van der Waals surface area contributed by atoms with Crippen LogP contribution in [0.15, 0.2) is 41.1 Å². The van der Waals surface area contributed by atoms with Crippen LogP contribution in [0.25, 0.3) is 0 Å². The van der Waals surface area contributed by atoms with Crippen molar-refractivity contribution in [2.45, 2.75) is 26.2 Å². The van der Waals surface area contributed by atoms with Gasteiger partial charge in [0.05, 0.1) is 0 Å². The van der Waals surface area contributed by atoms with Gasteiger partial charge < -0.3 is 10.1 Å². The molecule has 2 aromatic rings. The maximum absolute atomic E-state index is 11.7. The van der Waals surface area contributed by atoms with Crippen molar-refractivity contribution in [3.8, 4) is 5.75 Å². The van der Waals surface area contributed by atoms with E-state index >= 15 is 0 Å². The monoisotopic (exact) mass is 303 g/mol. The Morgan fingerprint density at radius 1 is 1.24 bits per heavy atom. The first-order chi connectivity index (χ1) is 10.1. The molecule has 0 radical (unpaired) electrons. The van der Waals surface area contributed by atoms with Crippen molar-refractivity contribution in [2.75, 3.05) is 13.2 Å². The number of thiophene rings is 1. The molecule has 1 N–H and O–H groups in total. The van der Waals surface area contributed by atoms with Gasteiger partial charge in [-0.05, 0) is 52.4 Å². The molecule has 112 valence electrons.